The quantitative estimate of drug-likeness (QED) is 0.401. The molecule has 4 aromatic rings. The number of aryl methyl sites for hydroxylation is 2. The zero-order chi connectivity index (χ0) is 25.1. The van der Waals surface area contributed by atoms with Gasteiger partial charge in [-0.05, 0) is 50.3 Å². The first-order chi connectivity index (χ1) is 17.5. The lowest BCUT2D eigenvalue weighted by Gasteiger charge is -2.27. The molecule has 0 saturated heterocycles. The topological polar surface area (TPSA) is 121 Å². The zero-order valence-corrected chi connectivity index (χ0v) is 20.4. The van der Waals surface area contributed by atoms with Gasteiger partial charge in [-0.25, -0.2) is 14.3 Å². The number of pyridine rings is 1. The molecule has 186 valence electrons. The number of hydrogen-bond donors (Lipinski definition) is 1. The summed E-state index contributed by atoms with van der Waals surface area (Å²) in [7, 11) is 1.85. The van der Waals surface area contributed by atoms with Crippen molar-refractivity contribution in [2.45, 2.75) is 51.7 Å². The Kier molecular flexibility index (Phi) is 6.75. The van der Waals surface area contributed by atoms with Crippen molar-refractivity contribution in [1.29, 1.82) is 0 Å². The molecule has 10 nitrogen and oxygen atoms in total. The first-order valence-corrected chi connectivity index (χ1v) is 12.1. The number of aromatic nitrogens is 7. The Hall–Kier alpha value is -4.08. The molecule has 5 rings (SSSR count). The SMILES string of the molecule is Cc1nc(-c2nnn(C)c2Cn2cc(Cc3ccccc3)nn2)ccc1O[C@H]1CCC[C@H](C(=O)O)C1. The van der Waals surface area contributed by atoms with E-state index in [-0.39, 0.29) is 12.0 Å². The molecule has 0 amide bonds. The van der Waals surface area contributed by atoms with Crippen LogP contribution in [0.25, 0.3) is 11.4 Å². The zero-order valence-electron chi connectivity index (χ0n) is 20.4. The van der Waals surface area contributed by atoms with Crippen molar-refractivity contribution in [3.63, 3.8) is 0 Å². The van der Waals surface area contributed by atoms with E-state index in [0.29, 0.717) is 42.9 Å². The summed E-state index contributed by atoms with van der Waals surface area (Å²) in [6.45, 7) is 2.35. The molecular formula is C26H29N7O3. The van der Waals surface area contributed by atoms with Crippen molar-refractivity contribution in [1.82, 2.24) is 35.0 Å². The Morgan fingerprint density at radius 1 is 1.11 bits per heavy atom. The summed E-state index contributed by atoms with van der Waals surface area (Å²) in [5, 5.41) is 26.5. The molecule has 1 fully saturated rings. The predicted molar refractivity (Wildman–Crippen MR) is 131 cm³/mol. The van der Waals surface area contributed by atoms with Crippen molar-refractivity contribution >= 4 is 5.97 Å². The van der Waals surface area contributed by atoms with Crippen molar-refractivity contribution in [3.8, 4) is 17.1 Å². The second-order valence-electron chi connectivity index (χ2n) is 9.30. The van der Waals surface area contributed by atoms with Gasteiger partial charge in [0.1, 0.15) is 11.4 Å². The van der Waals surface area contributed by atoms with Gasteiger partial charge in [0.05, 0.1) is 41.3 Å². The highest BCUT2D eigenvalue weighted by Gasteiger charge is 2.28. The number of rotatable bonds is 8. The van der Waals surface area contributed by atoms with Crippen LogP contribution in [-0.4, -0.2) is 52.2 Å². The summed E-state index contributed by atoms with van der Waals surface area (Å²) in [5.74, 6) is -0.422. The van der Waals surface area contributed by atoms with Crippen LogP contribution in [0.3, 0.4) is 0 Å². The molecule has 0 bridgehead atoms. The summed E-state index contributed by atoms with van der Waals surface area (Å²) < 4.78 is 9.66. The van der Waals surface area contributed by atoms with E-state index < -0.39 is 5.97 Å². The highest BCUT2D eigenvalue weighted by molar-refractivity contribution is 5.70. The van der Waals surface area contributed by atoms with E-state index in [9.17, 15) is 9.90 Å². The van der Waals surface area contributed by atoms with Crippen molar-refractivity contribution in [2.24, 2.45) is 13.0 Å². The summed E-state index contributed by atoms with van der Waals surface area (Å²) in [6.07, 6.45) is 5.47. The highest BCUT2D eigenvalue weighted by atomic mass is 16.5. The first-order valence-electron chi connectivity index (χ1n) is 12.1. The fourth-order valence-corrected chi connectivity index (χ4v) is 4.67. The number of carboxylic acid groups (broad SMARTS) is 1. The summed E-state index contributed by atoms with van der Waals surface area (Å²) >= 11 is 0. The number of ether oxygens (including phenoxy) is 1. The fourth-order valence-electron chi connectivity index (χ4n) is 4.67. The van der Waals surface area contributed by atoms with E-state index in [2.05, 4.69) is 32.8 Å². The molecule has 0 spiro atoms. The lowest BCUT2D eigenvalue weighted by Crippen LogP contribution is -2.29. The molecule has 36 heavy (non-hydrogen) atoms. The van der Waals surface area contributed by atoms with Gasteiger partial charge in [0, 0.05) is 19.7 Å². The number of carbonyl (C=O) groups is 1. The molecule has 1 N–H and O–H groups in total. The van der Waals surface area contributed by atoms with Gasteiger partial charge in [0.2, 0.25) is 0 Å². The van der Waals surface area contributed by atoms with E-state index in [0.717, 1.165) is 29.9 Å². The standard InChI is InChI=1S/C26H29N7O3/c1-17-24(36-21-10-6-9-19(14-21)26(34)35)12-11-22(27-17)25-23(32(2)30-29-25)16-33-15-20(28-31-33)13-18-7-4-3-5-8-18/h3-5,7-8,11-12,15,19,21H,6,9-10,13-14,16H2,1-2H3,(H,34,35)/t19-,21-/m0/s1. The van der Waals surface area contributed by atoms with Crippen LogP contribution in [0.1, 0.15) is 48.3 Å². The van der Waals surface area contributed by atoms with Gasteiger partial charge in [0.15, 0.2) is 0 Å². The average molecular weight is 488 g/mol. The number of nitrogens with zero attached hydrogens (tertiary/aromatic N) is 7. The van der Waals surface area contributed by atoms with Crippen LogP contribution in [0.4, 0.5) is 0 Å². The third-order valence-corrected chi connectivity index (χ3v) is 6.62. The van der Waals surface area contributed by atoms with E-state index >= 15 is 0 Å². The Bertz CT molecular complexity index is 1350. The van der Waals surface area contributed by atoms with E-state index in [1.165, 1.54) is 5.56 Å². The summed E-state index contributed by atoms with van der Waals surface area (Å²) in [4.78, 5) is 16.1. The maximum Gasteiger partial charge on any atom is 0.306 e. The van der Waals surface area contributed by atoms with Crippen LogP contribution in [0.15, 0.2) is 48.7 Å². The lowest BCUT2D eigenvalue weighted by molar-refractivity contribution is -0.143. The van der Waals surface area contributed by atoms with Gasteiger partial charge in [-0.3, -0.25) is 4.79 Å². The third-order valence-electron chi connectivity index (χ3n) is 6.62. The average Bonchev–Trinajstić information content (AvgIpc) is 3.47. The van der Waals surface area contributed by atoms with Crippen molar-refractivity contribution in [2.75, 3.05) is 0 Å². The van der Waals surface area contributed by atoms with Gasteiger partial charge in [-0.2, -0.15) is 0 Å². The van der Waals surface area contributed by atoms with E-state index in [1.54, 1.807) is 9.36 Å². The Morgan fingerprint density at radius 3 is 2.72 bits per heavy atom. The van der Waals surface area contributed by atoms with Crippen LogP contribution in [0.2, 0.25) is 0 Å². The normalized spacial score (nSPS) is 17.7. The lowest BCUT2D eigenvalue weighted by atomic mass is 9.87. The monoisotopic (exact) mass is 487 g/mol. The van der Waals surface area contributed by atoms with Gasteiger partial charge in [0.25, 0.3) is 0 Å². The van der Waals surface area contributed by atoms with Crippen LogP contribution < -0.4 is 4.74 Å². The smallest absolute Gasteiger partial charge is 0.306 e. The predicted octanol–water partition coefficient (Wildman–Crippen LogP) is 3.44. The minimum absolute atomic E-state index is 0.115. The van der Waals surface area contributed by atoms with Crippen LogP contribution >= 0.6 is 0 Å². The second-order valence-corrected chi connectivity index (χ2v) is 9.30. The summed E-state index contributed by atoms with van der Waals surface area (Å²) in [6, 6.07) is 13.9. The molecule has 3 heterocycles. The fraction of sp³-hybridized carbons (Fsp3) is 0.385. The molecule has 2 atom stereocenters. The molecule has 3 aromatic heterocycles. The molecule has 0 aliphatic heterocycles. The Labute approximate surface area is 208 Å². The number of hydrogen-bond acceptors (Lipinski definition) is 7. The Morgan fingerprint density at radius 2 is 1.94 bits per heavy atom. The number of aliphatic carboxylic acids is 1. The van der Waals surface area contributed by atoms with Gasteiger partial charge in [-0.15, -0.1) is 10.2 Å². The van der Waals surface area contributed by atoms with Crippen molar-refractivity contribution < 1.29 is 14.6 Å². The van der Waals surface area contributed by atoms with Gasteiger partial charge in [-0.1, -0.05) is 40.8 Å². The third kappa shape index (κ3) is 5.27. The van der Waals surface area contributed by atoms with Crippen LogP contribution in [0.5, 0.6) is 5.75 Å². The van der Waals surface area contributed by atoms with Crippen molar-refractivity contribution in [3.05, 3.63) is 71.3 Å². The second kappa shape index (κ2) is 10.3. The Balaban J connectivity index is 1.30. The highest BCUT2D eigenvalue weighted by Crippen LogP contribution is 2.30. The van der Waals surface area contributed by atoms with Crippen LogP contribution in [-0.2, 0) is 24.8 Å². The number of carboxylic acids is 1. The van der Waals surface area contributed by atoms with Gasteiger partial charge >= 0.3 is 5.97 Å². The minimum atomic E-state index is -0.747. The molecule has 1 aromatic carbocycles. The van der Waals surface area contributed by atoms with Crippen LogP contribution in [0, 0.1) is 12.8 Å². The maximum absolute atomic E-state index is 11.4. The molecule has 0 unspecified atom stereocenters. The molecule has 10 heteroatoms. The molecule has 1 saturated carbocycles. The van der Waals surface area contributed by atoms with Gasteiger partial charge < -0.3 is 9.84 Å². The molecule has 0 radical (unpaired) electrons. The maximum atomic E-state index is 11.4. The van der Waals surface area contributed by atoms with E-state index in [4.69, 9.17) is 9.72 Å². The molecule has 1 aliphatic carbocycles. The largest absolute Gasteiger partial charge is 0.489 e. The minimum Gasteiger partial charge on any atom is -0.489 e. The molecule has 1 aliphatic rings. The first kappa shape index (κ1) is 23.7. The number of benzene rings is 1. The van der Waals surface area contributed by atoms with E-state index in [1.807, 2.05) is 50.5 Å². The summed E-state index contributed by atoms with van der Waals surface area (Å²) in [5.41, 5.74) is 5.04. The molecular weight excluding hydrogens is 458 g/mol.